The average Bonchev–Trinajstić information content (AvgIpc) is 2.98. The third kappa shape index (κ3) is 4.57. The van der Waals surface area contributed by atoms with Gasteiger partial charge in [0.2, 0.25) is 6.39 Å². The SMILES string of the molecule is O=C(O)/C=C/c1cccc(C(=O)NCCc2ncon2)c1. The van der Waals surface area contributed by atoms with E-state index in [9.17, 15) is 9.59 Å². The normalized spacial score (nSPS) is 10.7. The van der Waals surface area contributed by atoms with Crippen LogP contribution >= 0.6 is 0 Å². The maximum absolute atomic E-state index is 11.9. The molecule has 108 valence electrons. The number of carboxylic acids is 1. The fourth-order valence-electron chi connectivity index (χ4n) is 1.64. The summed E-state index contributed by atoms with van der Waals surface area (Å²) in [6.07, 6.45) is 4.15. The topological polar surface area (TPSA) is 105 Å². The number of hydrogen-bond acceptors (Lipinski definition) is 5. The molecule has 0 spiro atoms. The van der Waals surface area contributed by atoms with Crippen molar-refractivity contribution in [2.45, 2.75) is 6.42 Å². The monoisotopic (exact) mass is 287 g/mol. The highest BCUT2D eigenvalue weighted by Crippen LogP contribution is 2.07. The molecule has 0 aliphatic carbocycles. The maximum Gasteiger partial charge on any atom is 0.328 e. The molecule has 2 rings (SSSR count). The number of aliphatic carboxylic acids is 1. The first-order valence-electron chi connectivity index (χ1n) is 6.19. The Balaban J connectivity index is 1.92. The highest BCUT2D eigenvalue weighted by atomic mass is 16.5. The van der Waals surface area contributed by atoms with Gasteiger partial charge in [0, 0.05) is 24.6 Å². The molecule has 7 heteroatoms. The highest BCUT2D eigenvalue weighted by molar-refractivity contribution is 5.95. The van der Waals surface area contributed by atoms with Crippen LogP contribution < -0.4 is 5.32 Å². The number of carbonyl (C=O) groups excluding carboxylic acids is 1. The van der Waals surface area contributed by atoms with Crippen LogP contribution in [0.1, 0.15) is 21.7 Å². The summed E-state index contributed by atoms with van der Waals surface area (Å²) >= 11 is 0. The number of hydrogen-bond donors (Lipinski definition) is 2. The van der Waals surface area contributed by atoms with Crippen molar-refractivity contribution >= 4 is 18.0 Å². The van der Waals surface area contributed by atoms with Crippen LogP contribution in [-0.2, 0) is 11.2 Å². The molecule has 0 unspecified atom stereocenters. The number of carbonyl (C=O) groups is 2. The van der Waals surface area contributed by atoms with Crippen LogP contribution in [0.5, 0.6) is 0 Å². The van der Waals surface area contributed by atoms with Crippen molar-refractivity contribution in [3.8, 4) is 0 Å². The zero-order valence-corrected chi connectivity index (χ0v) is 11.0. The second-order valence-electron chi connectivity index (χ2n) is 4.15. The van der Waals surface area contributed by atoms with E-state index in [1.165, 1.54) is 12.5 Å². The first kappa shape index (κ1) is 14.4. The standard InChI is InChI=1S/C14H13N3O4/c18-13(19)5-4-10-2-1-3-11(8-10)14(20)15-7-6-12-16-9-21-17-12/h1-5,8-9H,6-7H2,(H,15,20)(H,18,19)/b5-4+. The number of amides is 1. The molecule has 1 aromatic carbocycles. The summed E-state index contributed by atoms with van der Waals surface area (Å²) in [5.41, 5.74) is 1.10. The van der Waals surface area contributed by atoms with Crippen molar-refractivity contribution < 1.29 is 19.2 Å². The van der Waals surface area contributed by atoms with Crippen molar-refractivity contribution in [1.29, 1.82) is 0 Å². The first-order valence-corrected chi connectivity index (χ1v) is 6.19. The molecular formula is C14H13N3O4. The second-order valence-corrected chi connectivity index (χ2v) is 4.15. The lowest BCUT2D eigenvalue weighted by atomic mass is 10.1. The van der Waals surface area contributed by atoms with Gasteiger partial charge in [-0.2, -0.15) is 4.98 Å². The average molecular weight is 287 g/mol. The Morgan fingerprint density at radius 3 is 2.95 bits per heavy atom. The lowest BCUT2D eigenvalue weighted by Crippen LogP contribution is -2.25. The van der Waals surface area contributed by atoms with Gasteiger partial charge < -0.3 is 14.9 Å². The van der Waals surface area contributed by atoms with Gasteiger partial charge in [-0.15, -0.1) is 0 Å². The van der Waals surface area contributed by atoms with E-state index >= 15 is 0 Å². The van der Waals surface area contributed by atoms with Crippen LogP contribution in [0, 0.1) is 0 Å². The van der Waals surface area contributed by atoms with Crippen LogP contribution in [0.2, 0.25) is 0 Å². The summed E-state index contributed by atoms with van der Waals surface area (Å²) in [4.78, 5) is 26.3. The fraction of sp³-hybridized carbons (Fsp3) is 0.143. The van der Waals surface area contributed by atoms with Crippen LogP contribution in [0.25, 0.3) is 6.08 Å². The molecule has 2 N–H and O–H groups in total. The number of nitrogens with one attached hydrogen (secondary N) is 1. The molecule has 0 atom stereocenters. The van der Waals surface area contributed by atoms with Crippen molar-refractivity contribution in [2.24, 2.45) is 0 Å². The van der Waals surface area contributed by atoms with E-state index in [0.29, 0.717) is 29.9 Å². The van der Waals surface area contributed by atoms with E-state index < -0.39 is 5.97 Å². The summed E-state index contributed by atoms with van der Waals surface area (Å²) in [6.45, 7) is 0.382. The van der Waals surface area contributed by atoms with Crippen LogP contribution in [0.3, 0.4) is 0 Å². The van der Waals surface area contributed by atoms with Crippen molar-refractivity contribution in [3.05, 3.63) is 53.7 Å². The third-order valence-corrected chi connectivity index (χ3v) is 2.61. The van der Waals surface area contributed by atoms with E-state index in [-0.39, 0.29) is 5.91 Å². The van der Waals surface area contributed by atoms with E-state index in [1.807, 2.05) is 0 Å². The summed E-state index contributed by atoms with van der Waals surface area (Å²) in [5.74, 6) is -0.762. The number of nitrogens with zero attached hydrogens (tertiary/aromatic N) is 2. The summed E-state index contributed by atoms with van der Waals surface area (Å²) in [6, 6.07) is 6.68. The number of benzene rings is 1. The minimum atomic E-state index is -1.04. The Kier molecular flexibility index (Phi) is 4.81. The molecule has 1 amide bonds. The Morgan fingerprint density at radius 2 is 2.24 bits per heavy atom. The zero-order valence-electron chi connectivity index (χ0n) is 11.0. The molecule has 21 heavy (non-hydrogen) atoms. The van der Waals surface area contributed by atoms with E-state index in [0.717, 1.165) is 6.08 Å². The van der Waals surface area contributed by atoms with Gasteiger partial charge in [-0.25, -0.2) is 4.79 Å². The molecule has 7 nitrogen and oxygen atoms in total. The summed E-state index contributed by atoms with van der Waals surface area (Å²) < 4.78 is 4.59. The second kappa shape index (κ2) is 6.99. The molecule has 0 fully saturated rings. The van der Waals surface area contributed by atoms with Gasteiger partial charge in [-0.1, -0.05) is 17.3 Å². The summed E-state index contributed by atoms with van der Waals surface area (Å²) in [5, 5.41) is 14.9. The molecule has 0 radical (unpaired) electrons. The predicted octanol–water partition coefficient (Wildman–Crippen LogP) is 1.14. The fourth-order valence-corrected chi connectivity index (χ4v) is 1.64. The molecular weight excluding hydrogens is 274 g/mol. The lowest BCUT2D eigenvalue weighted by Gasteiger charge is -2.04. The van der Waals surface area contributed by atoms with Gasteiger partial charge in [0.15, 0.2) is 5.82 Å². The van der Waals surface area contributed by atoms with Crippen molar-refractivity contribution in [2.75, 3.05) is 6.54 Å². The smallest absolute Gasteiger partial charge is 0.328 e. The summed E-state index contributed by atoms with van der Waals surface area (Å²) in [7, 11) is 0. The van der Waals surface area contributed by atoms with Gasteiger partial charge in [0.1, 0.15) is 0 Å². The van der Waals surface area contributed by atoms with Crippen LogP contribution in [-0.4, -0.2) is 33.7 Å². The number of rotatable bonds is 6. The maximum atomic E-state index is 11.9. The van der Waals surface area contributed by atoms with Gasteiger partial charge in [-0.05, 0) is 23.8 Å². The lowest BCUT2D eigenvalue weighted by molar-refractivity contribution is -0.131. The Hall–Kier alpha value is -2.96. The van der Waals surface area contributed by atoms with Crippen LogP contribution in [0.4, 0.5) is 0 Å². The van der Waals surface area contributed by atoms with Gasteiger partial charge in [-0.3, -0.25) is 4.79 Å². The largest absolute Gasteiger partial charge is 0.478 e. The van der Waals surface area contributed by atoms with Gasteiger partial charge in [0.25, 0.3) is 5.91 Å². The Bertz CT molecular complexity index is 650. The molecule has 0 bridgehead atoms. The van der Waals surface area contributed by atoms with E-state index in [4.69, 9.17) is 5.11 Å². The molecule has 0 saturated heterocycles. The number of carboxylic acid groups (broad SMARTS) is 1. The van der Waals surface area contributed by atoms with Gasteiger partial charge in [0.05, 0.1) is 0 Å². The van der Waals surface area contributed by atoms with E-state index in [2.05, 4.69) is 20.0 Å². The number of aromatic nitrogens is 2. The minimum absolute atomic E-state index is 0.246. The Labute approximate surface area is 120 Å². The minimum Gasteiger partial charge on any atom is -0.478 e. The molecule has 0 saturated carbocycles. The van der Waals surface area contributed by atoms with Gasteiger partial charge >= 0.3 is 5.97 Å². The van der Waals surface area contributed by atoms with E-state index in [1.54, 1.807) is 24.3 Å². The predicted molar refractivity (Wildman–Crippen MR) is 73.4 cm³/mol. The van der Waals surface area contributed by atoms with Crippen molar-refractivity contribution in [3.63, 3.8) is 0 Å². The first-order chi connectivity index (χ1) is 10.1. The molecule has 2 aromatic rings. The Morgan fingerprint density at radius 1 is 1.38 bits per heavy atom. The highest BCUT2D eigenvalue weighted by Gasteiger charge is 2.06. The molecule has 1 aromatic heterocycles. The van der Waals surface area contributed by atoms with Crippen molar-refractivity contribution in [1.82, 2.24) is 15.5 Å². The zero-order chi connectivity index (χ0) is 15.1. The quantitative estimate of drug-likeness (QED) is 0.772. The molecule has 0 aliphatic rings. The molecule has 1 heterocycles. The third-order valence-electron chi connectivity index (χ3n) is 2.61. The molecule has 0 aliphatic heterocycles. The van der Waals surface area contributed by atoms with Crippen LogP contribution in [0.15, 0.2) is 41.3 Å².